The van der Waals surface area contributed by atoms with Crippen molar-refractivity contribution in [2.45, 2.75) is 19.8 Å². The molecule has 0 radical (unpaired) electrons. The van der Waals surface area contributed by atoms with Crippen LogP contribution in [0.5, 0.6) is 0 Å². The molecule has 1 fully saturated rings. The SMILES string of the molecule is CC1CCCN(CCNC(=O)c2ccsc2)C1. The van der Waals surface area contributed by atoms with E-state index in [2.05, 4.69) is 17.1 Å². The van der Waals surface area contributed by atoms with Crippen LogP contribution in [-0.4, -0.2) is 37.0 Å². The third-order valence-electron chi connectivity index (χ3n) is 3.24. The molecule has 0 aliphatic carbocycles. The molecule has 0 saturated carbocycles. The number of nitrogens with one attached hydrogen (secondary N) is 1. The maximum atomic E-state index is 11.7. The number of amides is 1. The molecule has 1 saturated heterocycles. The van der Waals surface area contributed by atoms with Crippen molar-refractivity contribution in [1.29, 1.82) is 0 Å². The zero-order valence-corrected chi connectivity index (χ0v) is 11.1. The molecule has 1 unspecified atom stereocenters. The first-order chi connectivity index (χ1) is 8.25. The number of carbonyl (C=O) groups is 1. The Labute approximate surface area is 107 Å². The van der Waals surface area contributed by atoms with Crippen LogP contribution in [0.15, 0.2) is 16.8 Å². The minimum Gasteiger partial charge on any atom is -0.351 e. The summed E-state index contributed by atoms with van der Waals surface area (Å²) < 4.78 is 0. The van der Waals surface area contributed by atoms with Crippen LogP contribution in [0.4, 0.5) is 0 Å². The molecule has 1 aromatic heterocycles. The molecule has 1 aliphatic heterocycles. The van der Waals surface area contributed by atoms with Gasteiger partial charge in [-0.2, -0.15) is 11.3 Å². The number of rotatable bonds is 4. The Bertz CT molecular complexity index is 350. The summed E-state index contributed by atoms with van der Waals surface area (Å²) >= 11 is 1.56. The smallest absolute Gasteiger partial charge is 0.252 e. The molecular formula is C13H20N2OS. The van der Waals surface area contributed by atoms with Gasteiger partial charge in [-0.3, -0.25) is 4.79 Å². The molecule has 94 valence electrons. The van der Waals surface area contributed by atoms with Crippen LogP contribution in [0.25, 0.3) is 0 Å². The summed E-state index contributed by atoms with van der Waals surface area (Å²) in [5, 5.41) is 6.79. The molecule has 1 atom stereocenters. The fourth-order valence-corrected chi connectivity index (χ4v) is 2.95. The summed E-state index contributed by atoms with van der Waals surface area (Å²) in [7, 11) is 0. The third-order valence-corrected chi connectivity index (χ3v) is 3.92. The number of thiophene rings is 1. The van der Waals surface area contributed by atoms with Crippen LogP contribution in [0, 0.1) is 5.92 Å². The van der Waals surface area contributed by atoms with Crippen molar-refractivity contribution < 1.29 is 4.79 Å². The van der Waals surface area contributed by atoms with E-state index in [9.17, 15) is 4.79 Å². The van der Waals surface area contributed by atoms with Gasteiger partial charge in [0.05, 0.1) is 0 Å². The Morgan fingerprint density at radius 3 is 3.24 bits per heavy atom. The van der Waals surface area contributed by atoms with Crippen LogP contribution in [0.2, 0.25) is 0 Å². The summed E-state index contributed by atoms with van der Waals surface area (Å²) in [6.07, 6.45) is 2.64. The Morgan fingerprint density at radius 1 is 1.65 bits per heavy atom. The van der Waals surface area contributed by atoms with E-state index in [-0.39, 0.29) is 5.91 Å². The van der Waals surface area contributed by atoms with Crippen molar-refractivity contribution in [3.8, 4) is 0 Å². The van der Waals surface area contributed by atoms with Crippen LogP contribution >= 0.6 is 11.3 Å². The highest BCUT2D eigenvalue weighted by Crippen LogP contribution is 2.14. The number of likely N-dealkylation sites (tertiary alicyclic amines) is 1. The molecule has 2 heterocycles. The Balaban J connectivity index is 1.67. The normalized spacial score (nSPS) is 21.4. The standard InChI is InChI=1S/C13H20N2OS/c1-11-3-2-6-15(9-11)7-5-14-13(16)12-4-8-17-10-12/h4,8,10-11H,2-3,5-7,9H2,1H3,(H,14,16). The molecule has 0 bridgehead atoms. The Morgan fingerprint density at radius 2 is 2.53 bits per heavy atom. The van der Waals surface area contributed by atoms with Gasteiger partial charge < -0.3 is 10.2 Å². The fraction of sp³-hybridized carbons (Fsp3) is 0.615. The van der Waals surface area contributed by atoms with Gasteiger partial charge in [-0.05, 0) is 36.8 Å². The predicted molar refractivity (Wildman–Crippen MR) is 71.5 cm³/mol. The second kappa shape index (κ2) is 6.17. The molecule has 3 nitrogen and oxygen atoms in total. The summed E-state index contributed by atoms with van der Waals surface area (Å²) in [6, 6.07) is 1.86. The van der Waals surface area contributed by atoms with Gasteiger partial charge in [-0.1, -0.05) is 6.92 Å². The van der Waals surface area contributed by atoms with Gasteiger partial charge in [-0.25, -0.2) is 0 Å². The number of nitrogens with zero attached hydrogens (tertiary/aromatic N) is 1. The van der Waals surface area contributed by atoms with E-state index in [1.165, 1.54) is 25.9 Å². The first-order valence-corrected chi connectivity index (χ1v) is 7.23. The van der Waals surface area contributed by atoms with E-state index in [1.807, 2.05) is 16.8 Å². The fourth-order valence-electron chi connectivity index (χ4n) is 2.31. The second-order valence-electron chi connectivity index (χ2n) is 4.82. The zero-order chi connectivity index (χ0) is 12.1. The zero-order valence-electron chi connectivity index (χ0n) is 10.3. The number of hydrogen-bond acceptors (Lipinski definition) is 3. The monoisotopic (exact) mass is 252 g/mol. The van der Waals surface area contributed by atoms with E-state index >= 15 is 0 Å². The van der Waals surface area contributed by atoms with E-state index in [4.69, 9.17) is 0 Å². The molecule has 2 rings (SSSR count). The minimum atomic E-state index is 0.0521. The van der Waals surface area contributed by atoms with Gasteiger partial charge in [-0.15, -0.1) is 0 Å². The van der Waals surface area contributed by atoms with Crippen LogP contribution in [0.1, 0.15) is 30.1 Å². The van der Waals surface area contributed by atoms with Gasteiger partial charge in [0.2, 0.25) is 0 Å². The van der Waals surface area contributed by atoms with Gasteiger partial charge in [0.25, 0.3) is 5.91 Å². The molecule has 1 aromatic rings. The van der Waals surface area contributed by atoms with Crippen molar-refractivity contribution in [2.24, 2.45) is 5.92 Å². The topological polar surface area (TPSA) is 32.3 Å². The molecular weight excluding hydrogens is 232 g/mol. The maximum absolute atomic E-state index is 11.7. The Kier molecular flexibility index (Phi) is 4.57. The van der Waals surface area contributed by atoms with E-state index in [0.717, 1.165) is 24.6 Å². The lowest BCUT2D eigenvalue weighted by atomic mass is 10.0. The molecule has 1 N–H and O–H groups in total. The van der Waals surface area contributed by atoms with Crippen LogP contribution in [0.3, 0.4) is 0 Å². The van der Waals surface area contributed by atoms with Crippen LogP contribution < -0.4 is 5.32 Å². The summed E-state index contributed by atoms with van der Waals surface area (Å²) in [6.45, 7) is 6.38. The Hall–Kier alpha value is -0.870. The summed E-state index contributed by atoms with van der Waals surface area (Å²) in [4.78, 5) is 14.1. The average molecular weight is 252 g/mol. The second-order valence-corrected chi connectivity index (χ2v) is 5.60. The van der Waals surface area contributed by atoms with E-state index in [0.29, 0.717) is 0 Å². The first kappa shape index (κ1) is 12.6. The predicted octanol–water partition coefficient (Wildman–Crippen LogP) is 2.21. The van der Waals surface area contributed by atoms with Gasteiger partial charge in [0.1, 0.15) is 0 Å². The quantitative estimate of drug-likeness (QED) is 0.891. The highest BCUT2D eigenvalue weighted by Gasteiger charge is 2.15. The number of piperidine rings is 1. The lowest BCUT2D eigenvalue weighted by Gasteiger charge is -2.30. The molecule has 0 spiro atoms. The third kappa shape index (κ3) is 3.82. The van der Waals surface area contributed by atoms with E-state index in [1.54, 1.807) is 11.3 Å². The van der Waals surface area contributed by atoms with Crippen molar-refractivity contribution in [2.75, 3.05) is 26.2 Å². The highest BCUT2D eigenvalue weighted by atomic mass is 32.1. The van der Waals surface area contributed by atoms with Gasteiger partial charge in [0.15, 0.2) is 0 Å². The molecule has 4 heteroatoms. The molecule has 17 heavy (non-hydrogen) atoms. The van der Waals surface area contributed by atoms with Crippen LogP contribution in [-0.2, 0) is 0 Å². The van der Waals surface area contributed by atoms with Crippen molar-refractivity contribution in [1.82, 2.24) is 10.2 Å². The van der Waals surface area contributed by atoms with Crippen molar-refractivity contribution in [3.63, 3.8) is 0 Å². The van der Waals surface area contributed by atoms with Crippen molar-refractivity contribution in [3.05, 3.63) is 22.4 Å². The maximum Gasteiger partial charge on any atom is 0.252 e. The lowest BCUT2D eigenvalue weighted by molar-refractivity contribution is 0.0944. The molecule has 1 amide bonds. The lowest BCUT2D eigenvalue weighted by Crippen LogP contribution is -2.40. The number of hydrogen-bond donors (Lipinski definition) is 1. The minimum absolute atomic E-state index is 0.0521. The largest absolute Gasteiger partial charge is 0.351 e. The first-order valence-electron chi connectivity index (χ1n) is 6.28. The van der Waals surface area contributed by atoms with Crippen molar-refractivity contribution >= 4 is 17.2 Å². The van der Waals surface area contributed by atoms with E-state index < -0.39 is 0 Å². The molecule has 0 aromatic carbocycles. The average Bonchev–Trinajstić information content (AvgIpc) is 2.82. The molecule has 1 aliphatic rings. The van der Waals surface area contributed by atoms with Gasteiger partial charge >= 0.3 is 0 Å². The number of carbonyl (C=O) groups excluding carboxylic acids is 1. The highest BCUT2D eigenvalue weighted by molar-refractivity contribution is 7.08. The summed E-state index contributed by atoms with van der Waals surface area (Å²) in [5.41, 5.74) is 0.780. The van der Waals surface area contributed by atoms with Gasteiger partial charge in [0, 0.05) is 30.6 Å². The summed E-state index contributed by atoms with van der Waals surface area (Å²) in [5.74, 6) is 0.854.